The summed E-state index contributed by atoms with van der Waals surface area (Å²) < 4.78 is 5.07. The smallest absolute Gasteiger partial charge is 0.0947 e. The van der Waals surface area contributed by atoms with Gasteiger partial charge in [0.15, 0.2) is 0 Å². The number of hydrogen-bond acceptors (Lipinski definition) is 3. The Morgan fingerprint density at radius 1 is 1.47 bits per heavy atom. The zero-order valence-corrected chi connectivity index (χ0v) is 9.99. The fourth-order valence-electron chi connectivity index (χ4n) is 1.72. The molecular weight excluding hydrogens is 188 g/mol. The van der Waals surface area contributed by atoms with Gasteiger partial charge in [0, 0.05) is 24.7 Å². The van der Waals surface area contributed by atoms with Crippen LogP contribution in [0.5, 0.6) is 0 Å². The lowest BCUT2D eigenvalue weighted by molar-refractivity contribution is 0.222. The van der Waals surface area contributed by atoms with Crippen LogP contribution in [0.25, 0.3) is 0 Å². The summed E-state index contributed by atoms with van der Waals surface area (Å²) in [4.78, 5) is 2.37. The fraction of sp³-hybridized carbons (Fsp3) is 0.667. The molecule has 0 aromatic carbocycles. The molecule has 0 bridgehead atoms. The summed E-state index contributed by atoms with van der Waals surface area (Å²) in [6.07, 6.45) is 4.71. The normalized spacial score (nSPS) is 13.3. The predicted molar refractivity (Wildman–Crippen MR) is 62.8 cm³/mol. The van der Waals surface area contributed by atoms with Crippen LogP contribution >= 0.6 is 0 Å². The van der Waals surface area contributed by atoms with Gasteiger partial charge in [-0.25, -0.2) is 0 Å². The summed E-state index contributed by atoms with van der Waals surface area (Å²) in [6, 6.07) is 2.62. The summed E-state index contributed by atoms with van der Waals surface area (Å²) in [6.45, 7) is 7.43. The molecule has 1 aromatic rings. The molecule has 0 amide bonds. The molecule has 86 valence electrons. The molecule has 1 heterocycles. The van der Waals surface area contributed by atoms with Gasteiger partial charge in [-0.15, -0.1) is 0 Å². The Kier molecular flexibility index (Phi) is 5.43. The summed E-state index contributed by atoms with van der Waals surface area (Å²) >= 11 is 0. The zero-order chi connectivity index (χ0) is 11.1. The van der Waals surface area contributed by atoms with Crippen molar-refractivity contribution < 1.29 is 4.42 Å². The Balaban J connectivity index is 2.39. The van der Waals surface area contributed by atoms with E-state index in [9.17, 15) is 0 Å². The summed E-state index contributed by atoms with van der Waals surface area (Å²) in [5.41, 5.74) is 1.24. The maximum absolute atomic E-state index is 5.07. The molecule has 15 heavy (non-hydrogen) atoms. The highest BCUT2D eigenvalue weighted by Crippen LogP contribution is 2.08. The van der Waals surface area contributed by atoms with Crippen LogP contribution in [-0.2, 0) is 6.54 Å². The maximum Gasteiger partial charge on any atom is 0.0947 e. The summed E-state index contributed by atoms with van der Waals surface area (Å²) in [7, 11) is 2.17. The first kappa shape index (κ1) is 12.3. The van der Waals surface area contributed by atoms with E-state index >= 15 is 0 Å². The van der Waals surface area contributed by atoms with E-state index in [4.69, 9.17) is 4.42 Å². The summed E-state index contributed by atoms with van der Waals surface area (Å²) in [5.74, 6) is 0. The Morgan fingerprint density at radius 2 is 2.27 bits per heavy atom. The largest absolute Gasteiger partial charge is 0.472 e. The molecule has 0 saturated heterocycles. The molecule has 3 nitrogen and oxygen atoms in total. The minimum absolute atomic E-state index is 0.597. The van der Waals surface area contributed by atoms with Crippen LogP contribution < -0.4 is 5.32 Å². The van der Waals surface area contributed by atoms with Gasteiger partial charge in [0.05, 0.1) is 12.5 Å². The predicted octanol–water partition coefficient (Wildman–Crippen LogP) is 2.10. The topological polar surface area (TPSA) is 28.4 Å². The SMILES string of the molecule is CCNCC(CC)N(C)Cc1ccoc1. The van der Waals surface area contributed by atoms with Crippen molar-refractivity contribution >= 4 is 0 Å². The molecular formula is C12H22N2O. The second-order valence-electron chi connectivity index (χ2n) is 3.92. The number of rotatable bonds is 7. The van der Waals surface area contributed by atoms with Crippen LogP contribution in [0.2, 0.25) is 0 Å². The van der Waals surface area contributed by atoms with Crippen molar-refractivity contribution in [3.05, 3.63) is 24.2 Å². The van der Waals surface area contributed by atoms with E-state index < -0.39 is 0 Å². The monoisotopic (exact) mass is 210 g/mol. The van der Waals surface area contributed by atoms with Crippen molar-refractivity contribution in [3.63, 3.8) is 0 Å². The van der Waals surface area contributed by atoms with Crippen molar-refractivity contribution in [2.45, 2.75) is 32.9 Å². The first-order valence-electron chi connectivity index (χ1n) is 5.70. The molecule has 3 heteroatoms. The second kappa shape index (κ2) is 6.64. The Bertz CT molecular complexity index is 246. The Morgan fingerprint density at radius 3 is 2.80 bits per heavy atom. The summed E-state index contributed by atoms with van der Waals surface area (Å²) in [5, 5.41) is 3.39. The third kappa shape index (κ3) is 4.06. The average Bonchev–Trinajstić information content (AvgIpc) is 2.71. The van der Waals surface area contributed by atoms with Gasteiger partial charge in [-0.2, -0.15) is 0 Å². The van der Waals surface area contributed by atoms with Crippen molar-refractivity contribution in [1.29, 1.82) is 0 Å². The molecule has 1 aromatic heterocycles. The van der Waals surface area contributed by atoms with Gasteiger partial charge < -0.3 is 9.73 Å². The van der Waals surface area contributed by atoms with E-state index in [0.29, 0.717) is 6.04 Å². The van der Waals surface area contributed by atoms with Crippen LogP contribution in [0.4, 0.5) is 0 Å². The van der Waals surface area contributed by atoms with E-state index in [1.165, 1.54) is 12.0 Å². The van der Waals surface area contributed by atoms with Gasteiger partial charge in [-0.05, 0) is 26.1 Å². The first-order chi connectivity index (χ1) is 7.27. The van der Waals surface area contributed by atoms with Crippen LogP contribution in [0.1, 0.15) is 25.8 Å². The highest BCUT2D eigenvalue weighted by atomic mass is 16.3. The van der Waals surface area contributed by atoms with Crippen LogP contribution in [-0.4, -0.2) is 31.1 Å². The third-order valence-corrected chi connectivity index (χ3v) is 2.74. The molecule has 0 aliphatic rings. The van der Waals surface area contributed by atoms with Crippen molar-refractivity contribution in [2.75, 3.05) is 20.1 Å². The molecule has 0 fully saturated rings. The average molecular weight is 210 g/mol. The van der Waals surface area contributed by atoms with Gasteiger partial charge in [0.1, 0.15) is 0 Å². The van der Waals surface area contributed by atoms with Gasteiger partial charge >= 0.3 is 0 Å². The molecule has 0 radical (unpaired) electrons. The Labute approximate surface area is 92.5 Å². The second-order valence-corrected chi connectivity index (χ2v) is 3.92. The molecule has 0 aliphatic carbocycles. The Hall–Kier alpha value is -0.800. The standard InChI is InChI=1S/C12H22N2O/c1-4-12(8-13-5-2)14(3)9-11-6-7-15-10-11/h6-7,10,12-13H,4-5,8-9H2,1-3H3. The maximum atomic E-state index is 5.07. The minimum Gasteiger partial charge on any atom is -0.472 e. The fourth-order valence-corrected chi connectivity index (χ4v) is 1.72. The molecule has 1 N–H and O–H groups in total. The number of likely N-dealkylation sites (N-methyl/N-ethyl adjacent to an activating group) is 2. The first-order valence-corrected chi connectivity index (χ1v) is 5.70. The van der Waals surface area contributed by atoms with E-state index in [1.54, 1.807) is 6.26 Å². The van der Waals surface area contributed by atoms with Gasteiger partial charge in [0.2, 0.25) is 0 Å². The van der Waals surface area contributed by atoms with Crippen LogP contribution in [0.15, 0.2) is 23.0 Å². The van der Waals surface area contributed by atoms with Crippen molar-refractivity contribution in [1.82, 2.24) is 10.2 Å². The highest BCUT2D eigenvalue weighted by molar-refractivity contribution is 5.04. The molecule has 1 unspecified atom stereocenters. The van der Waals surface area contributed by atoms with Gasteiger partial charge in [0.25, 0.3) is 0 Å². The van der Waals surface area contributed by atoms with Gasteiger partial charge in [-0.1, -0.05) is 13.8 Å². The molecule has 0 saturated carbocycles. The van der Waals surface area contributed by atoms with E-state index in [0.717, 1.165) is 19.6 Å². The molecule has 1 atom stereocenters. The van der Waals surface area contributed by atoms with E-state index in [1.807, 2.05) is 12.3 Å². The van der Waals surface area contributed by atoms with E-state index in [-0.39, 0.29) is 0 Å². The highest BCUT2D eigenvalue weighted by Gasteiger charge is 2.12. The van der Waals surface area contributed by atoms with Crippen molar-refractivity contribution in [3.8, 4) is 0 Å². The number of nitrogens with zero attached hydrogens (tertiary/aromatic N) is 1. The van der Waals surface area contributed by atoms with E-state index in [2.05, 4.69) is 31.1 Å². The quantitative estimate of drug-likeness (QED) is 0.747. The van der Waals surface area contributed by atoms with Crippen LogP contribution in [0, 0.1) is 0 Å². The molecule has 0 spiro atoms. The van der Waals surface area contributed by atoms with Gasteiger partial charge in [-0.3, -0.25) is 4.90 Å². The lowest BCUT2D eigenvalue weighted by Crippen LogP contribution is -2.39. The number of furan rings is 1. The molecule has 1 rings (SSSR count). The third-order valence-electron chi connectivity index (χ3n) is 2.74. The lowest BCUT2D eigenvalue weighted by atomic mass is 10.2. The van der Waals surface area contributed by atoms with Crippen molar-refractivity contribution in [2.24, 2.45) is 0 Å². The number of hydrogen-bond donors (Lipinski definition) is 1. The van der Waals surface area contributed by atoms with Crippen LogP contribution in [0.3, 0.4) is 0 Å². The number of nitrogens with one attached hydrogen (secondary N) is 1. The zero-order valence-electron chi connectivity index (χ0n) is 9.99. The minimum atomic E-state index is 0.597. The lowest BCUT2D eigenvalue weighted by Gasteiger charge is -2.26. The molecule has 0 aliphatic heterocycles.